The predicted molar refractivity (Wildman–Crippen MR) is 248 cm³/mol. The average molecular weight is 752 g/mol. The summed E-state index contributed by atoms with van der Waals surface area (Å²) in [7, 11) is 0. The summed E-state index contributed by atoms with van der Waals surface area (Å²) in [6, 6.07) is 0.291. The minimum Gasteiger partial charge on any atom is -0.367 e. The first-order valence-corrected chi connectivity index (χ1v) is 22.3. The van der Waals surface area contributed by atoms with Crippen molar-refractivity contribution in [2.75, 3.05) is 13.1 Å². The van der Waals surface area contributed by atoms with E-state index in [2.05, 4.69) is 154 Å². The normalized spacial score (nSPS) is 24.9. The molecule has 55 heavy (non-hydrogen) atoms. The standard InChI is InChI=1S/C52H85N3/c1-14-19-20-23-31-43(9)47(16-3)40-44(10)53-38-29-22-26-36-52(13)37-27-25-33-49(17-4)55-51(46(12)50(18-5)45(11)41(6)7)54-39-28-21-24-32-48(52)35-34-42(8)30-15-2/h2,14,21-22,24-25,29,33-35,41-43,45-50H,1,16-19,26-28,30-32,36-40H2,3-13H3,(H,54,55)/b24-21-,29-22-,33-25-,35-34-,53-44?. The number of amidine groups is 1. The van der Waals surface area contributed by atoms with Gasteiger partial charge >= 0.3 is 0 Å². The van der Waals surface area contributed by atoms with Crippen LogP contribution in [0.5, 0.6) is 0 Å². The highest BCUT2D eigenvalue weighted by Crippen LogP contribution is 2.41. The minimum atomic E-state index is 0.149. The highest BCUT2D eigenvalue weighted by molar-refractivity contribution is 5.85. The number of nitrogens with zero attached hydrogens (tertiary/aromatic N) is 2. The first kappa shape index (κ1) is 50.0. The van der Waals surface area contributed by atoms with Gasteiger partial charge in [-0.1, -0.05) is 143 Å². The van der Waals surface area contributed by atoms with Crippen LogP contribution in [-0.4, -0.2) is 30.7 Å². The molecule has 0 aromatic rings. The predicted octanol–water partition coefficient (Wildman–Crippen LogP) is 14.1. The second kappa shape index (κ2) is 29.2. The average Bonchev–Trinajstić information content (AvgIpc) is 3.16. The van der Waals surface area contributed by atoms with Crippen LogP contribution >= 0.6 is 0 Å². The number of hydrogen-bond acceptors (Lipinski definition) is 3. The highest BCUT2D eigenvalue weighted by atomic mass is 15.0. The Labute approximate surface area is 342 Å². The molecule has 0 amide bonds. The van der Waals surface area contributed by atoms with Crippen LogP contribution in [0.2, 0.25) is 0 Å². The molecule has 3 nitrogen and oxygen atoms in total. The molecule has 3 heteroatoms. The molecular formula is C52H85N3. The van der Waals surface area contributed by atoms with Gasteiger partial charge in [0.05, 0.1) is 12.4 Å². The molecule has 9 unspecified atom stereocenters. The molecule has 1 aliphatic rings. The van der Waals surface area contributed by atoms with Gasteiger partial charge in [-0.05, 0) is 105 Å². The second-order valence-electron chi connectivity index (χ2n) is 17.4. The molecular weight excluding hydrogens is 667 g/mol. The molecule has 0 fully saturated rings. The number of allylic oxidation sites excluding steroid dienone is 6. The summed E-state index contributed by atoms with van der Waals surface area (Å²) in [4.78, 5) is 10.2. The lowest BCUT2D eigenvalue weighted by Crippen LogP contribution is -2.41. The Morgan fingerprint density at radius 1 is 1.04 bits per heavy atom. The Morgan fingerprint density at radius 3 is 2.45 bits per heavy atom. The summed E-state index contributed by atoms with van der Waals surface area (Å²) in [5.74, 6) is 15.0. The van der Waals surface area contributed by atoms with Gasteiger partial charge in [-0.25, -0.2) is 0 Å². The van der Waals surface area contributed by atoms with Crippen LogP contribution < -0.4 is 5.32 Å². The molecule has 1 heterocycles. The lowest BCUT2D eigenvalue weighted by Gasteiger charge is -2.36. The van der Waals surface area contributed by atoms with Crippen molar-refractivity contribution in [3.63, 3.8) is 0 Å². The zero-order chi connectivity index (χ0) is 41.1. The topological polar surface area (TPSA) is 36.8 Å². The zero-order valence-electron chi connectivity index (χ0n) is 37.7. The lowest BCUT2D eigenvalue weighted by molar-refractivity contribution is 0.193. The van der Waals surface area contributed by atoms with Crippen molar-refractivity contribution in [3.8, 4) is 24.2 Å². The Bertz CT molecular complexity index is 1340. The van der Waals surface area contributed by atoms with Crippen molar-refractivity contribution >= 4 is 11.5 Å². The van der Waals surface area contributed by atoms with E-state index in [0.29, 0.717) is 53.4 Å². The van der Waals surface area contributed by atoms with Gasteiger partial charge in [-0.2, -0.15) is 0 Å². The third-order valence-electron chi connectivity index (χ3n) is 12.6. The molecule has 0 radical (unpaired) electrons. The van der Waals surface area contributed by atoms with Gasteiger partial charge in [0.2, 0.25) is 0 Å². The fourth-order valence-electron chi connectivity index (χ4n) is 8.19. The van der Waals surface area contributed by atoms with E-state index in [1.807, 2.05) is 6.08 Å². The van der Waals surface area contributed by atoms with Gasteiger partial charge in [0.1, 0.15) is 0 Å². The Hall–Kier alpha value is -3.04. The smallest absolute Gasteiger partial charge is 0.0999 e. The number of nitrogens with one attached hydrogen (secondary N) is 1. The van der Waals surface area contributed by atoms with Gasteiger partial charge in [0, 0.05) is 43.5 Å². The summed E-state index contributed by atoms with van der Waals surface area (Å²) in [6.45, 7) is 31.1. The van der Waals surface area contributed by atoms with Crippen molar-refractivity contribution < 1.29 is 0 Å². The summed E-state index contributed by atoms with van der Waals surface area (Å²) < 4.78 is 0. The summed E-state index contributed by atoms with van der Waals surface area (Å²) in [6.07, 6.45) is 40.1. The van der Waals surface area contributed by atoms with Crippen LogP contribution in [-0.2, 0) is 0 Å². The maximum atomic E-state index is 5.70. The van der Waals surface area contributed by atoms with E-state index in [4.69, 9.17) is 16.4 Å². The van der Waals surface area contributed by atoms with E-state index in [1.54, 1.807) is 0 Å². The monoisotopic (exact) mass is 752 g/mol. The van der Waals surface area contributed by atoms with Gasteiger partial charge < -0.3 is 5.32 Å². The number of rotatable bonds is 20. The number of aliphatic imine (C=N–C) groups is 2. The molecule has 0 bridgehead atoms. The van der Waals surface area contributed by atoms with E-state index >= 15 is 0 Å². The molecule has 1 N–H and O–H groups in total. The van der Waals surface area contributed by atoms with Crippen LogP contribution in [0.3, 0.4) is 0 Å². The van der Waals surface area contributed by atoms with Crippen LogP contribution in [0.1, 0.15) is 160 Å². The minimum absolute atomic E-state index is 0.149. The van der Waals surface area contributed by atoms with Gasteiger partial charge in [-0.15, -0.1) is 24.8 Å². The molecule has 0 saturated carbocycles. The summed E-state index contributed by atoms with van der Waals surface area (Å²) in [5.41, 5.74) is 1.40. The summed E-state index contributed by atoms with van der Waals surface area (Å²) >= 11 is 0. The van der Waals surface area contributed by atoms with Crippen LogP contribution in [0.25, 0.3) is 0 Å². The van der Waals surface area contributed by atoms with Gasteiger partial charge in [-0.3, -0.25) is 9.98 Å². The largest absolute Gasteiger partial charge is 0.367 e. The molecule has 1 aliphatic heterocycles. The number of hydrogen-bond donors (Lipinski definition) is 1. The number of terminal acetylenes is 1. The van der Waals surface area contributed by atoms with Crippen LogP contribution in [0.4, 0.5) is 0 Å². The molecule has 0 aliphatic carbocycles. The van der Waals surface area contributed by atoms with E-state index in [0.717, 1.165) is 90.1 Å². The summed E-state index contributed by atoms with van der Waals surface area (Å²) in [5, 5.41) is 3.93. The quantitative estimate of drug-likeness (QED) is 0.0751. The van der Waals surface area contributed by atoms with Crippen LogP contribution in [0, 0.1) is 76.9 Å². The Morgan fingerprint density at radius 2 is 1.80 bits per heavy atom. The second-order valence-corrected chi connectivity index (χ2v) is 17.4. The molecule has 0 aromatic carbocycles. The van der Waals surface area contributed by atoms with E-state index in [-0.39, 0.29) is 5.41 Å². The molecule has 0 aromatic heterocycles. The van der Waals surface area contributed by atoms with Crippen molar-refractivity contribution in [3.05, 3.63) is 61.3 Å². The Balaban J connectivity index is 3.20. The maximum Gasteiger partial charge on any atom is 0.0999 e. The van der Waals surface area contributed by atoms with Crippen molar-refractivity contribution in [1.29, 1.82) is 0 Å². The van der Waals surface area contributed by atoms with E-state index in [9.17, 15) is 0 Å². The molecule has 0 saturated heterocycles. The van der Waals surface area contributed by atoms with Crippen molar-refractivity contribution in [2.45, 2.75) is 166 Å². The fourth-order valence-corrected chi connectivity index (χ4v) is 8.19. The zero-order valence-corrected chi connectivity index (χ0v) is 37.7. The van der Waals surface area contributed by atoms with E-state index < -0.39 is 0 Å². The Kier molecular flexibility index (Phi) is 26.6. The van der Waals surface area contributed by atoms with Crippen LogP contribution in [0.15, 0.2) is 71.2 Å². The van der Waals surface area contributed by atoms with Gasteiger partial charge in [0.15, 0.2) is 0 Å². The third kappa shape index (κ3) is 20.1. The maximum absolute atomic E-state index is 5.70. The first-order valence-electron chi connectivity index (χ1n) is 22.3. The molecule has 308 valence electrons. The van der Waals surface area contributed by atoms with E-state index in [1.165, 1.54) is 18.0 Å². The molecule has 9 atom stereocenters. The molecule has 1 rings (SSSR count). The SMILES string of the molecule is C#CCC(C)/C=C\C1C/C=C\CCN=C(C(C)C(CC)C(C)C(C)C)NC(CC)/C=C\CCC1(C)CC/C=C\CN=C(C)CC(CC)C(C)CC#CCC=C. The lowest BCUT2D eigenvalue weighted by atomic mass is 9.68. The third-order valence-corrected chi connectivity index (χ3v) is 12.6. The van der Waals surface area contributed by atoms with Crippen molar-refractivity contribution in [1.82, 2.24) is 5.32 Å². The first-order chi connectivity index (χ1) is 26.4. The highest BCUT2D eigenvalue weighted by Gasteiger charge is 2.31. The molecule has 0 spiro atoms. The van der Waals surface area contributed by atoms with Crippen molar-refractivity contribution in [2.24, 2.45) is 62.7 Å². The fraction of sp³-hybridized carbons (Fsp3) is 0.692. The van der Waals surface area contributed by atoms with Gasteiger partial charge in [0.25, 0.3) is 0 Å².